The van der Waals surface area contributed by atoms with Gasteiger partial charge in [-0.15, -0.1) is 0 Å². The van der Waals surface area contributed by atoms with Crippen molar-refractivity contribution in [3.63, 3.8) is 0 Å². The molecule has 0 aliphatic carbocycles. The van der Waals surface area contributed by atoms with Gasteiger partial charge in [0.1, 0.15) is 12.4 Å². The number of hydrogen-bond donors (Lipinski definition) is 1. The summed E-state index contributed by atoms with van der Waals surface area (Å²) in [5.74, 6) is -0.176. The zero-order valence-corrected chi connectivity index (χ0v) is 18.2. The maximum atomic E-state index is 11.2. The lowest BCUT2D eigenvalue weighted by atomic mass is 10.0. The molecule has 2 aromatic rings. The minimum absolute atomic E-state index is 0.340. The standard InChI is InChI=1S/C23H27BrO4/c1-4-18(16(3)19-8-10-20(24)11-9-19)15-28-21-12-6-17(7-13-21)14-22(23(25)26)27-5-2/h6-13,22H,4-5,14-15H2,1-3H3,(H,25,26)/b18-16-. The molecule has 4 nitrogen and oxygen atoms in total. The van der Waals surface area contributed by atoms with E-state index in [1.807, 2.05) is 36.4 Å². The molecule has 0 radical (unpaired) electrons. The fourth-order valence-electron chi connectivity index (χ4n) is 2.90. The maximum absolute atomic E-state index is 11.2. The molecule has 0 bridgehead atoms. The Balaban J connectivity index is 2.02. The van der Waals surface area contributed by atoms with Gasteiger partial charge in [0.05, 0.1) is 0 Å². The molecule has 28 heavy (non-hydrogen) atoms. The number of allylic oxidation sites excluding steroid dienone is 1. The van der Waals surface area contributed by atoms with Crippen molar-refractivity contribution in [3.05, 3.63) is 69.7 Å². The van der Waals surface area contributed by atoms with E-state index >= 15 is 0 Å². The Kier molecular flexibility index (Phi) is 8.74. The molecule has 0 amide bonds. The number of ether oxygens (including phenoxy) is 2. The monoisotopic (exact) mass is 446 g/mol. The van der Waals surface area contributed by atoms with Crippen molar-refractivity contribution in [2.45, 2.75) is 39.7 Å². The molecule has 5 heteroatoms. The van der Waals surface area contributed by atoms with Crippen LogP contribution in [0.3, 0.4) is 0 Å². The largest absolute Gasteiger partial charge is 0.489 e. The van der Waals surface area contributed by atoms with Crippen molar-refractivity contribution < 1.29 is 19.4 Å². The SMILES string of the molecule is CCOC(Cc1ccc(OC/C(CC)=C(/C)c2ccc(Br)cc2)cc1)C(=O)O. The first-order valence-electron chi connectivity index (χ1n) is 9.45. The number of rotatable bonds is 10. The third-order valence-corrected chi connectivity index (χ3v) is 5.16. The molecule has 2 rings (SSSR count). The molecule has 0 saturated heterocycles. The number of carboxylic acid groups (broad SMARTS) is 1. The van der Waals surface area contributed by atoms with Crippen LogP contribution >= 0.6 is 15.9 Å². The van der Waals surface area contributed by atoms with Crippen molar-refractivity contribution >= 4 is 27.5 Å². The molecule has 0 heterocycles. The molecule has 1 N–H and O–H groups in total. The second-order valence-corrected chi connectivity index (χ2v) is 7.42. The van der Waals surface area contributed by atoms with Crippen molar-refractivity contribution in [3.8, 4) is 5.75 Å². The highest BCUT2D eigenvalue weighted by Gasteiger charge is 2.17. The van der Waals surface area contributed by atoms with Gasteiger partial charge >= 0.3 is 5.97 Å². The van der Waals surface area contributed by atoms with Crippen LogP contribution in [0.4, 0.5) is 0 Å². The molecule has 1 atom stereocenters. The highest BCUT2D eigenvalue weighted by atomic mass is 79.9. The third kappa shape index (κ3) is 6.50. The van der Waals surface area contributed by atoms with E-state index < -0.39 is 12.1 Å². The van der Waals surface area contributed by atoms with Gasteiger partial charge in [0.15, 0.2) is 6.10 Å². The fourth-order valence-corrected chi connectivity index (χ4v) is 3.17. The van der Waals surface area contributed by atoms with Gasteiger partial charge in [-0.25, -0.2) is 4.79 Å². The van der Waals surface area contributed by atoms with E-state index in [4.69, 9.17) is 9.47 Å². The molecule has 0 aliphatic heterocycles. The maximum Gasteiger partial charge on any atom is 0.333 e. The van der Waals surface area contributed by atoms with E-state index in [9.17, 15) is 9.90 Å². The summed E-state index contributed by atoms with van der Waals surface area (Å²) < 4.78 is 12.3. The van der Waals surface area contributed by atoms with Crippen LogP contribution in [0.25, 0.3) is 5.57 Å². The van der Waals surface area contributed by atoms with Crippen LogP contribution in [-0.2, 0) is 16.0 Å². The van der Waals surface area contributed by atoms with Crippen molar-refractivity contribution in [1.29, 1.82) is 0 Å². The van der Waals surface area contributed by atoms with Gasteiger partial charge in [0.25, 0.3) is 0 Å². The minimum atomic E-state index is -0.941. The molecule has 0 aromatic heterocycles. The predicted octanol–water partition coefficient (Wildman–Crippen LogP) is 5.74. The first-order valence-corrected chi connectivity index (χ1v) is 10.2. The molecule has 150 valence electrons. The van der Waals surface area contributed by atoms with E-state index in [0.717, 1.165) is 22.2 Å². The second kappa shape index (κ2) is 11.0. The number of halogens is 1. The highest BCUT2D eigenvalue weighted by Crippen LogP contribution is 2.23. The number of carbonyl (C=O) groups is 1. The van der Waals surface area contributed by atoms with Gasteiger partial charge in [-0.3, -0.25) is 0 Å². The van der Waals surface area contributed by atoms with Crippen LogP contribution in [-0.4, -0.2) is 30.4 Å². The van der Waals surface area contributed by atoms with Crippen LogP contribution in [0.1, 0.15) is 38.3 Å². The van der Waals surface area contributed by atoms with Gasteiger partial charge in [0, 0.05) is 17.5 Å². The zero-order chi connectivity index (χ0) is 20.5. The topological polar surface area (TPSA) is 55.8 Å². The first kappa shape index (κ1) is 22.2. The van der Waals surface area contributed by atoms with Crippen molar-refractivity contribution in [1.82, 2.24) is 0 Å². The van der Waals surface area contributed by atoms with Gasteiger partial charge in [-0.1, -0.05) is 47.1 Å². The molecule has 0 spiro atoms. The number of aliphatic carboxylic acids is 1. The number of carboxylic acids is 1. The molecule has 0 aliphatic rings. The highest BCUT2D eigenvalue weighted by molar-refractivity contribution is 9.10. The lowest BCUT2D eigenvalue weighted by Gasteiger charge is -2.14. The summed E-state index contributed by atoms with van der Waals surface area (Å²) in [5.41, 5.74) is 4.57. The summed E-state index contributed by atoms with van der Waals surface area (Å²) in [6, 6.07) is 15.8. The lowest BCUT2D eigenvalue weighted by molar-refractivity contribution is -0.149. The minimum Gasteiger partial charge on any atom is -0.489 e. The van der Waals surface area contributed by atoms with E-state index in [0.29, 0.717) is 19.6 Å². The average Bonchev–Trinajstić information content (AvgIpc) is 2.69. The summed E-state index contributed by atoms with van der Waals surface area (Å²) in [6.45, 7) is 6.94. The van der Waals surface area contributed by atoms with Crippen LogP contribution in [0, 0.1) is 0 Å². The summed E-state index contributed by atoms with van der Waals surface area (Å²) in [7, 11) is 0. The van der Waals surface area contributed by atoms with Crippen LogP contribution in [0.5, 0.6) is 5.75 Å². The van der Waals surface area contributed by atoms with E-state index in [1.54, 1.807) is 6.92 Å². The van der Waals surface area contributed by atoms with E-state index in [-0.39, 0.29) is 0 Å². The summed E-state index contributed by atoms with van der Waals surface area (Å²) in [4.78, 5) is 11.2. The average molecular weight is 447 g/mol. The summed E-state index contributed by atoms with van der Waals surface area (Å²) >= 11 is 3.47. The van der Waals surface area contributed by atoms with Crippen LogP contribution in [0.2, 0.25) is 0 Å². The molecular weight excluding hydrogens is 420 g/mol. The summed E-state index contributed by atoms with van der Waals surface area (Å²) in [5, 5.41) is 9.20. The Morgan fingerprint density at radius 2 is 1.71 bits per heavy atom. The fraction of sp³-hybridized carbons (Fsp3) is 0.348. The van der Waals surface area contributed by atoms with E-state index in [2.05, 4.69) is 41.9 Å². The van der Waals surface area contributed by atoms with Gasteiger partial charge in [-0.05, 0) is 66.8 Å². The predicted molar refractivity (Wildman–Crippen MR) is 116 cm³/mol. The molecular formula is C23H27BrO4. The van der Waals surface area contributed by atoms with Crippen LogP contribution < -0.4 is 4.74 Å². The van der Waals surface area contributed by atoms with Gasteiger partial charge in [-0.2, -0.15) is 0 Å². The van der Waals surface area contributed by atoms with Gasteiger partial charge in [0.2, 0.25) is 0 Å². The number of hydrogen-bond acceptors (Lipinski definition) is 3. The number of benzene rings is 2. The zero-order valence-electron chi connectivity index (χ0n) is 16.6. The Morgan fingerprint density at radius 3 is 2.25 bits per heavy atom. The van der Waals surface area contributed by atoms with Gasteiger partial charge < -0.3 is 14.6 Å². The quantitative estimate of drug-likeness (QED) is 0.505. The normalized spacial score (nSPS) is 13.0. The smallest absolute Gasteiger partial charge is 0.333 e. The molecule has 0 fully saturated rings. The second-order valence-electron chi connectivity index (χ2n) is 6.51. The van der Waals surface area contributed by atoms with Crippen molar-refractivity contribution in [2.75, 3.05) is 13.2 Å². The first-order chi connectivity index (χ1) is 13.4. The molecule has 2 aromatic carbocycles. The van der Waals surface area contributed by atoms with E-state index in [1.165, 1.54) is 16.7 Å². The Bertz CT molecular complexity index is 794. The third-order valence-electron chi connectivity index (χ3n) is 4.64. The molecule has 0 saturated carbocycles. The molecule has 1 unspecified atom stereocenters. The van der Waals surface area contributed by atoms with Crippen LogP contribution in [0.15, 0.2) is 58.6 Å². The summed E-state index contributed by atoms with van der Waals surface area (Å²) in [6.07, 6.45) is 0.431. The van der Waals surface area contributed by atoms with Crippen molar-refractivity contribution in [2.24, 2.45) is 0 Å². The Hall–Kier alpha value is -2.11. The Morgan fingerprint density at radius 1 is 1.07 bits per heavy atom. The Labute approximate surface area is 175 Å². The lowest BCUT2D eigenvalue weighted by Crippen LogP contribution is -2.26.